The number of imidazole rings is 1. The molecule has 0 saturated heterocycles. The third-order valence-corrected chi connectivity index (χ3v) is 7.28. The number of carbonyl (C=O) groups excluding carboxylic acids is 1. The van der Waals surface area contributed by atoms with Gasteiger partial charge in [-0.2, -0.15) is 0 Å². The van der Waals surface area contributed by atoms with Gasteiger partial charge in [0.2, 0.25) is 0 Å². The zero-order chi connectivity index (χ0) is 22.5. The first kappa shape index (κ1) is 19.9. The molecule has 1 aliphatic heterocycles. The van der Waals surface area contributed by atoms with Crippen molar-refractivity contribution >= 4 is 34.0 Å². The lowest BCUT2D eigenvalue weighted by atomic mass is 10.1. The number of hydrogen-bond donors (Lipinski definition) is 1. The average molecular weight is 451 g/mol. The van der Waals surface area contributed by atoms with Gasteiger partial charge in [0.1, 0.15) is 11.5 Å². The fraction of sp³-hybridized carbons (Fsp3) is 0.148. The third kappa shape index (κ3) is 3.43. The molecule has 3 aromatic heterocycles. The molecule has 162 valence electrons. The molecule has 0 unspecified atom stereocenters. The number of rotatable bonds is 2. The molecule has 0 radical (unpaired) electrons. The van der Waals surface area contributed by atoms with Gasteiger partial charge in [-0.15, -0.1) is 11.3 Å². The van der Waals surface area contributed by atoms with Crippen LogP contribution >= 0.6 is 11.3 Å². The molecule has 1 N–H and O–H groups in total. The van der Waals surface area contributed by atoms with E-state index < -0.39 is 0 Å². The number of amides is 1. The van der Waals surface area contributed by atoms with Gasteiger partial charge in [0.05, 0.1) is 26.5 Å². The number of carbonyl (C=O) groups is 1. The van der Waals surface area contributed by atoms with Crippen molar-refractivity contribution in [2.75, 3.05) is 11.4 Å². The van der Waals surface area contributed by atoms with E-state index in [2.05, 4.69) is 17.1 Å². The maximum atomic E-state index is 13.5. The highest BCUT2D eigenvalue weighted by molar-refractivity contribution is 7.19. The van der Waals surface area contributed by atoms with Crippen LogP contribution < -0.4 is 4.90 Å². The lowest BCUT2D eigenvalue weighted by Gasteiger charge is -2.23. The van der Waals surface area contributed by atoms with Crippen molar-refractivity contribution in [2.24, 2.45) is 0 Å². The Balaban J connectivity index is 1.45. The van der Waals surface area contributed by atoms with E-state index >= 15 is 0 Å². The van der Waals surface area contributed by atoms with Crippen LogP contribution in [0.25, 0.3) is 32.3 Å². The van der Waals surface area contributed by atoms with Crippen LogP contribution in [-0.2, 0) is 6.42 Å². The number of aromatic amines is 1. The van der Waals surface area contributed by atoms with Crippen LogP contribution in [0, 0.1) is 13.8 Å². The van der Waals surface area contributed by atoms with Crippen LogP contribution in [0.2, 0.25) is 0 Å². The normalized spacial score (nSPS) is 13.0. The number of aromatic nitrogens is 3. The van der Waals surface area contributed by atoms with Crippen molar-refractivity contribution in [3.05, 3.63) is 89.1 Å². The van der Waals surface area contributed by atoms with Crippen LogP contribution in [-0.4, -0.2) is 27.4 Å². The number of fused-ring (bicyclic) bond motifs is 4. The standard InChI is InChI=1S/C27H22N4OS/c1-16-7-9-18(10-8-16)27(32)31-12-11-19-14-23(26-29-20-5-3-4-6-21(20)30-26)33-25(19)24-22(31)13-17(2)15-28-24/h3-10,13-15H,11-12H2,1-2H3,(H,29,30). The summed E-state index contributed by atoms with van der Waals surface area (Å²) >= 11 is 1.68. The number of para-hydroxylation sites is 2. The van der Waals surface area contributed by atoms with Gasteiger partial charge >= 0.3 is 0 Å². The zero-order valence-electron chi connectivity index (χ0n) is 18.4. The number of benzene rings is 2. The summed E-state index contributed by atoms with van der Waals surface area (Å²) < 4.78 is 0. The molecule has 0 atom stereocenters. The predicted octanol–water partition coefficient (Wildman–Crippen LogP) is 6.17. The first-order chi connectivity index (χ1) is 16.1. The van der Waals surface area contributed by atoms with Crippen molar-refractivity contribution < 1.29 is 4.79 Å². The first-order valence-corrected chi connectivity index (χ1v) is 11.8. The minimum absolute atomic E-state index is 0.0105. The number of aryl methyl sites for hydroxylation is 2. The molecule has 1 aliphatic rings. The smallest absolute Gasteiger partial charge is 0.258 e. The highest BCUT2D eigenvalue weighted by atomic mass is 32.1. The lowest BCUT2D eigenvalue weighted by Crippen LogP contribution is -2.32. The van der Waals surface area contributed by atoms with Crippen molar-refractivity contribution in [1.29, 1.82) is 0 Å². The molecule has 0 aliphatic carbocycles. The number of nitrogens with zero attached hydrogens (tertiary/aromatic N) is 3. The Morgan fingerprint density at radius 3 is 2.67 bits per heavy atom. The summed E-state index contributed by atoms with van der Waals surface area (Å²) in [5.41, 5.74) is 7.79. The summed E-state index contributed by atoms with van der Waals surface area (Å²) in [5, 5.41) is 0. The molecule has 6 rings (SSSR count). The number of thiophene rings is 1. The van der Waals surface area contributed by atoms with Crippen molar-refractivity contribution in [2.45, 2.75) is 20.3 Å². The Kier molecular flexibility index (Phi) is 4.62. The van der Waals surface area contributed by atoms with Crippen LogP contribution in [0.1, 0.15) is 27.0 Å². The number of nitrogens with one attached hydrogen (secondary N) is 1. The molecular formula is C27H22N4OS. The number of anilines is 1. The molecule has 33 heavy (non-hydrogen) atoms. The van der Waals surface area contributed by atoms with E-state index in [9.17, 15) is 4.79 Å². The van der Waals surface area contributed by atoms with Crippen LogP contribution in [0.5, 0.6) is 0 Å². The number of H-pyrrole nitrogens is 1. The Morgan fingerprint density at radius 1 is 1.03 bits per heavy atom. The molecule has 0 fully saturated rings. The molecule has 1 amide bonds. The molecular weight excluding hydrogens is 428 g/mol. The summed E-state index contributed by atoms with van der Waals surface area (Å²) in [4.78, 5) is 30.6. The SMILES string of the molecule is Cc1ccc(C(=O)N2CCc3cc(-c4nc5ccccc5[nH]4)sc3-c3ncc(C)cc32)cc1. The van der Waals surface area contributed by atoms with Gasteiger partial charge < -0.3 is 9.88 Å². The molecule has 4 heterocycles. The largest absolute Gasteiger partial charge is 0.337 e. The van der Waals surface area contributed by atoms with Crippen LogP contribution in [0.15, 0.2) is 66.9 Å². The molecule has 0 spiro atoms. The summed E-state index contributed by atoms with van der Waals surface area (Å²) in [6.07, 6.45) is 2.64. The van der Waals surface area contributed by atoms with E-state index in [4.69, 9.17) is 9.97 Å². The summed E-state index contributed by atoms with van der Waals surface area (Å²) in [6, 6.07) is 20.1. The van der Waals surface area contributed by atoms with Gasteiger partial charge in [-0.05, 0) is 67.8 Å². The van der Waals surface area contributed by atoms with Gasteiger partial charge in [0, 0.05) is 18.3 Å². The van der Waals surface area contributed by atoms with E-state index in [0.29, 0.717) is 12.1 Å². The van der Waals surface area contributed by atoms with E-state index in [1.807, 2.05) is 73.5 Å². The maximum absolute atomic E-state index is 13.5. The highest BCUT2D eigenvalue weighted by Crippen LogP contribution is 2.43. The van der Waals surface area contributed by atoms with Gasteiger partial charge in [0.25, 0.3) is 5.91 Å². The average Bonchev–Trinajstić information content (AvgIpc) is 3.41. The fourth-order valence-corrected chi connectivity index (χ4v) is 5.51. The van der Waals surface area contributed by atoms with E-state index in [0.717, 1.165) is 55.5 Å². The molecule has 2 aromatic carbocycles. The van der Waals surface area contributed by atoms with Gasteiger partial charge in [-0.25, -0.2) is 4.98 Å². The van der Waals surface area contributed by atoms with Gasteiger partial charge in [-0.1, -0.05) is 29.8 Å². The Morgan fingerprint density at radius 2 is 1.85 bits per heavy atom. The van der Waals surface area contributed by atoms with Crippen molar-refractivity contribution in [1.82, 2.24) is 15.0 Å². The van der Waals surface area contributed by atoms with E-state index in [1.165, 1.54) is 5.56 Å². The lowest BCUT2D eigenvalue weighted by molar-refractivity contribution is 0.0987. The topological polar surface area (TPSA) is 61.9 Å². The minimum Gasteiger partial charge on any atom is -0.337 e. The van der Waals surface area contributed by atoms with Crippen LogP contribution in [0.4, 0.5) is 5.69 Å². The Hall–Kier alpha value is -3.77. The highest BCUT2D eigenvalue weighted by Gasteiger charge is 2.28. The number of pyridine rings is 1. The second-order valence-corrected chi connectivity index (χ2v) is 9.57. The summed E-state index contributed by atoms with van der Waals surface area (Å²) in [7, 11) is 0. The monoisotopic (exact) mass is 450 g/mol. The minimum atomic E-state index is 0.0105. The van der Waals surface area contributed by atoms with Gasteiger partial charge in [-0.3, -0.25) is 9.78 Å². The molecule has 0 saturated carbocycles. The molecule has 0 bridgehead atoms. The Labute approximate surface area is 195 Å². The summed E-state index contributed by atoms with van der Waals surface area (Å²) in [6.45, 7) is 4.65. The molecule has 6 heteroatoms. The third-order valence-electron chi connectivity index (χ3n) is 6.09. The first-order valence-electron chi connectivity index (χ1n) is 11.0. The molecule has 5 aromatic rings. The molecule has 5 nitrogen and oxygen atoms in total. The van der Waals surface area contributed by atoms with Crippen molar-refractivity contribution in [3.8, 4) is 21.3 Å². The maximum Gasteiger partial charge on any atom is 0.258 e. The fourth-order valence-electron chi connectivity index (χ4n) is 4.35. The van der Waals surface area contributed by atoms with Gasteiger partial charge in [0.15, 0.2) is 0 Å². The van der Waals surface area contributed by atoms with Crippen molar-refractivity contribution in [3.63, 3.8) is 0 Å². The second-order valence-electron chi connectivity index (χ2n) is 8.52. The zero-order valence-corrected chi connectivity index (χ0v) is 19.2. The van der Waals surface area contributed by atoms with E-state index in [-0.39, 0.29) is 5.91 Å². The number of hydrogen-bond acceptors (Lipinski definition) is 4. The van der Waals surface area contributed by atoms with E-state index in [1.54, 1.807) is 11.3 Å². The van der Waals surface area contributed by atoms with Crippen LogP contribution in [0.3, 0.4) is 0 Å². The second kappa shape index (κ2) is 7.67. The quantitative estimate of drug-likeness (QED) is 0.350. The summed E-state index contributed by atoms with van der Waals surface area (Å²) in [5.74, 6) is 0.881. The Bertz CT molecular complexity index is 1480. The predicted molar refractivity (Wildman–Crippen MR) is 134 cm³/mol.